The number of ketones is 1. The van der Waals surface area contributed by atoms with Gasteiger partial charge in [0.25, 0.3) is 0 Å². The second kappa shape index (κ2) is 7.55. The van der Waals surface area contributed by atoms with E-state index < -0.39 is 0 Å². The lowest BCUT2D eigenvalue weighted by molar-refractivity contribution is -0.118. The average molecular weight is 268 g/mol. The molecule has 0 aromatic heterocycles. The molecule has 100 valence electrons. The Kier molecular flexibility index (Phi) is 6.37. The largest absolute Gasteiger partial charge is 0.300 e. The fourth-order valence-corrected chi connectivity index (χ4v) is 2.24. The topological polar surface area (TPSA) is 20.3 Å². The van der Waals surface area contributed by atoms with Crippen molar-refractivity contribution in [2.75, 3.05) is 13.6 Å². The summed E-state index contributed by atoms with van der Waals surface area (Å²) in [5.74, 6) is 0.341. The summed E-state index contributed by atoms with van der Waals surface area (Å²) in [7, 11) is 2.07. The summed E-state index contributed by atoms with van der Waals surface area (Å²) in [6.45, 7) is 4.97. The van der Waals surface area contributed by atoms with Crippen molar-refractivity contribution >= 4 is 17.4 Å². The first-order valence-electron chi connectivity index (χ1n) is 6.52. The number of carbonyl (C=O) groups excluding carboxylic acids is 1. The zero-order valence-electron chi connectivity index (χ0n) is 11.4. The van der Waals surface area contributed by atoms with Crippen molar-refractivity contribution in [2.45, 2.75) is 39.2 Å². The molecule has 1 atom stereocenters. The Morgan fingerprint density at radius 1 is 1.39 bits per heavy atom. The number of carbonyl (C=O) groups is 1. The van der Waals surface area contributed by atoms with E-state index in [9.17, 15) is 4.79 Å². The maximum atomic E-state index is 11.2. The van der Waals surface area contributed by atoms with Gasteiger partial charge < -0.3 is 0 Å². The van der Waals surface area contributed by atoms with E-state index in [0.717, 1.165) is 23.6 Å². The van der Waals surface area contributed by atoms with Crippen LogP contribution in [0.15, 0.2) is 24.3 Å². The van der Waals surface area contributed by atoms with Gasteiger partial charge in [0.05, 0.1) is 0 Å². The van der Waals surface area contributed by atoms with Crippen LogP contribution >= 0.6 is 11.6 Å². The SMILES string of the molecule is CCC(=O)CCCN(C)C(C)c1ccccc1Cl. The highest BCUT2D eigenvalue weighted by Crippen LogP contribution is 2.26. The van der Waals surface area contributed by atoms with Gasteiger partial charge in [0, 0.05) is 23.9 Å². The molecule has 0 heterocycles. The van der Waals surface area contributed by atoms with E-state index in [1.807, 2.05) is 25.1 Å². The summed E-state index contributed by atoms with van der Waals surface area (Å²) in [5, 5.41) is 0.807. The molecule has 0 saturated heterocycles. The molecule has 0 spiro atoms. The van der Waals surface area contributed by atoms with Crippen LogP contribution in [0.25, 0.3) is 0 Å². The second-order valence-electron chi connectivity index (χ2n) is 4.67. The summed E-state index contributed by atoms with van der Waals surface area (Å²) in [4.78, 5) is 13.5. The fraction of sp³-hybridized carbons (Fsp3) is 0.533. The Hall–Kier alpha value is -0.860. The molecule has 0 aliphatic heterocycles. The highest BCUT2D eigenvalue weighted by molar-refractivity contribution is 6.31. The maximum absolute atomic E-state index is 11.2. The van der Waals surface area contributed by atoms with Crippen LogP contribution in [0.5, 0.6) is 0 Å². The van der Waals surface area contributed by atoms with Crippen LogP contribution in [0.3, 0.4) is 0 Å². The van der Waals surface area contributed by atoms with Crippen molar-refractivity contribution in [1.82, 2.24) is 4.90 Å². The third kappa shape index (κ3) is 4.43. The zero-order valence-corrected chi connectivity index (χ0v) is 12.2. The minimum atomic E-state index is 0.274. The molecular weight excluding hydrogens is 246 g/mol. The molecule has 1 aromatic rings. The van der Waals surface area contributed by atoms with Crippen LogP contribution in [0.1, 0.15) is 44.7 Å². The van der Waals surface area contributed by atoms with E-state index in [2.05, 4.69) is 24.9 Å². The first kappa shape index (κ1) is 15.2. The van der Waals surface area contributed by atoms with E-state index >= 15 is 0 Å². The van der Waals surface area contributed by atoms with Crippen LogP contribution < -0.4 is 0 Å². The molecule has 0 radical (unpaired) electrons. The number of nitrogens with zero attached hydrogens (tertiary/aromatic N) is 1. The third-order valence-corrected chi connectivity index (χ3v) is 3.72. The molecule has 0 amide bonds. The van der Waals surface area contributed by atoms with E-state index in [1.165, 1.54) is 0 Å². The lowest BCUT2D eigenvalue weighted by atomic mass is 10.1. The molecule has 1 unspecified atom stereocenters. The van der Waals surface area contributed by atoms with Gasteiger partial charge in [-0.15, -0.1) is 0 Å². The highest BCUT2D eigenvalue weighted by atomic mass is 35.5. The molecule has 1 rings (SSSR count). The fourth-order valence-electron chi connectivity index (χ4n) is 1.95. The van der Waals surface area contributed by atoms with Crippen LogP contribution in [-0.2, 0) is 4.79 Å². The Morgan fingerprint density at radius 3 is 2.67 bits per heavy atom. The van der Waals surface area contributed by atoms with Crippen LogP contribution in [0, 0.1) is 0 Å². The van der Waals surface area contributed by atoms with Crippen molar-refractivity contribution in [3.05, 3.63) is 34.9 Å². The molecule has 0 aliphatic carbocycles. The lowest BCUT2D eigenvalue weighted by Crippen LogP contribution is -2.24. The van der Waals surface area contributed by atoms with Gasteiger partial charge in [-0.25, -0.2) is 0 Å². The van der Waals surface area contributed by atoms with Crippen molar-refractivity contribution in [2.24, 2.45) is 0 Å². The number of Topliss-reactive ketones (excluding diaryl/α,β-unsaturated/α-hetero) is 1. The molecular formula is C15H22ClNO. The van der Waals surface area contributed by atoms with E-state index in [1.54, 1.807) is 0 Å². The number of halogens is 1. The molecule has 0 bridgehead atoms. The Labute approximate surface area is 115 Å². The van der Waals surface area contributed by atoms with Gasteiger partial charge in [-0.1, -0.05) is 36.7 Å². The van der Waals surface area contributed by atoms with Gasteiger partial charge in [0.1, 0.15) is 5.78 Å². The second-order valence-corrected chi connectivity index (χ2v) is 5.08. The molecule has 0 N–H and O–H groups in total. The van der Waals surface area contributed by atoms with Crippen molar-refractivity contribution in [3.63, 3.8) is 0 Å². The molecule has 0 fully saturated rings. The maximum Gasteiger partial charge on any atom is 0.132 e. The predicted molar refractivity (Wildman–Crippen MR) is 77.0 cm³/mol. The Bertz CT molecular complexity index is 392. The first-order valence-corrected chi connectivity index (χ1v) is 6.90. The minimum absolute atomic E-state index is 0.274. The van der Waals surface area contributed by atoms with Crippen molar-refractivity contribution in [3.8, 4) is 0 Å². The lowest BCUT2D eigenvalue weighted by Gasteiger charge is -2.25. The molecule has 3 heteroatoms. The van der Waals surface area contributed by atoms with Gasteiger partial charge in [0.2, 0.25) is 0 Å². The number of hydrogen-bond donors (Lipinski definition) is 0. The van der Waals surface area contributed by atoms with Crippen molar-refractivity contribution < 1.29 is 4.79 Å². The van der Waals surface area contributed by atoms with Gasteiger partial charge in [-0.3, -0.25) is 9.69 Å². The summed E-state index contributed by atoms with van der Waals surface area (Å²) in [6, 6.07) is 8.20. The predicted octanol–water partition coefficient (Wildman–Crippen LogP) is 4.09. The van der Waals surface area contributed by atoms with Gasteiger partial charge in [-0.05, 0) is 38.6 Å². The smallest absolute Gasteiger partial charge is 0.132 e. The van der Waals surface area contributed by atoms with E-state index in [-0.39, 0.29) is 6.04 Å². The molecule has 0 aliphatic rings. The van der Waals surface area contributed by atoms with Crippen LogP contribution in [-0.4, -0.2) is 24.3 Å². The highest BCUT2D eigenvalue weighted by Gasteiger charge is 2.14. The van der Waals surface area contributed by atoms with Crippen LogP contribution in [0.4, 0.5) is 0 Å². The average Bonchev–Trinajstić information content (AvgIpc) is 2.38. The molecule has 18 heavy (non-hydrogen) atoms. The Balaban J connectivity index is 2.49. The summed E-state index contributed by atoms with van der Waals surface area (Å²) >= 11 is 6.19. The quantitative estimate of drug-likeness (QED) is 0.742. The normalized spacial score (nSPS) is 12.7. The number of rotatable bonds is 7. The monoisotopic (exact) mass is 267 g/mol. The summed E-state index contributed by atoms with van der Waals surface area (Å²) < 4.78 is 0. The van der Waals surface area contributed by atoms with E-state index in [4.69, 9.17) is 11.6 Å². The first-order chi connectivity index (χ1) is 8.56. The number of benzene rings is 1. The standard InChI is InChI=1S/C15H22ClNO/c1-4-13(18)8-7-11-17(3)12(2)14-9-5-6-10-15(14)16/h5-6,9-10,12H,4,7-8,11H2,1-3H3. The summed E-state index contributed by atoms with van der Waals surface area (Å²) in [6.07, 6.45) is 2.23. The zero-order chi connectivity index (χ0) is 13.5. The summed E-state index contributed by atoms with van der Waals surface area (Å²) in [5.41, 5.74) is 1.14. The molecule has 2 nitrogen and oxygen atoms in total. The van der Waals surface area contributed by atoms with Gasteiger partial charge >= 0.3 is 0 Å². The third-order valence-electron chi connectivity index (χ3n) is 3.38. The van der Waals surface area contributed by atoms with Crippen molar-refractivity contribution in [1.29, 1.82) is 0 Å². The Morgan fingerprint density at radius 2 is 2.06 bits per heavy atom. The molecule has 1 aromatic carbocycles. The van der Waals surface area contributed by atoms with Crippen LogP contribution in [0.2, 0.25) is 5.02 Å². The van der Waals surface area contributed by atoms with E-state index in [0.29, 0.717) is 18.6 Å². The molecule has 0 saturated carbocycles. The van der Waals surface area contributed by atoms with Gasteiger partial charge in [-0.2, -0.15) is 0 Å². The van der Waals surface area contributed by atoms with Gasteiger partial charge in [0.15, 0.2) is 0 Å². The minimum Gasteiger partial charge on any atom is -0.300 e. The number of hydrogen-bond acceptors (Lipinski definition) is 2.